The first-order chi connectivity index (χ1) is 14.1. The maximum absolute atomic E-state index is 12.6. The standard InChI is InChI=1S/C20H23NO3.C2H7N.C2H6/c1-2-17(11-8-14-23)21-15-19-16(9-5-3-4-6-13-22)10-7-12-18(19)20(21)24;1-3-2;1-2/h2,7,10,12,14,17,22H,1,3-4,6,8,11,13,15H2;3H,1-2H3;1-2H3. The molecular formula is C24H36N2O3. The number of aldehydes is 1. The second-order valence-corrected chi connectivity index (χ2v) is 6.29. The fourth-order valence-electron chi connectivity index (χ4n) is 2.86. The molecule has 1 atom stereocenters. The molecule has 0 spiro atoms. The number of nitrogens with one attached hydrogen (secondary N) is 1. The Kier molecular flexibility index (Phi) is 15.1. The van der Waals surface area contributed by atoms with Gasteiger partial charge >= 0.3 is 0 Å². The lowest BCUT2D eigenvalue weighted by molar-refractivity contribution is -0.108. The van der Waals surface area contributed by atoms with Crippen molar-refractivity contribution in [2.45, 2.75) is 58.5 Å². The van der Waals surface area contributed by atoms with Crippen LogP contribution in [0.2, 0.25) is 0 Å². The highest BCUT2D eigenvalue weighted by molar-refractivity contribution is 5.99. The summed E-state index contributed by atoms with van der Waals surface area (Å²) in [6.45, 7) is 8.49. The van der Waals surface area contributed by atoms with Crippen LogP contribution in [0.4, 0.5) is 0 Å². The van der Waals surface area contributed by atoms with Crippen molar-refractivity contribution in [2.24, 2.45) is 0 Å². The van der Waals surface area contributed by atoms with Gasteiger partial charge in [0.05, 0.1) is 6.04 Å². The predicted molar refractivity (Wildman–Crippen MR) is 120 cm³/mol. The second-order valence-electron chi connectivity index (χ2n) is 6.29. The van der Waals surface area contributed by atoms with Crippen LogP contribution in [0.25, 0.3) is 0 Å². The molecule has 1 amide bonds. The predicted octanol–water partition coefficient (Wildman–Crippen LogP) is 3.55. The molecule has 1 aromatic carbocycles. The highest BCUT2D eigenvalue weighted by Gasteiger charge is 2.32. The third-order valence-electron chi connectivity index (χ3n) is 4.18. The number of fused-ring (bicyclic) bond motifs is 1. The van der Waals surface area contributed by atoms with Crippen LogP contribution in [0.3, 0.4) is 0 Å². The van der Waals surface area contributed by atoms with E-state index in [0.717, 1.165) is 36.7 Å². The highest BCUT2D eigenvalue weighted by Crippen LogP contribution is 2.28. The normalized spacial score (nSPS) is 12.3. The number of rotatable bonds is 8. The van der Waals surface area contributed by atoms with Gasteiger partial charge in [0.1, 0.15) is 6.29 Å². The monoisotopic (exact) mass is 400 g/mol. The van der Waals surface area contributed by atoms with Crippen LogP contribution < -0.4 is 5.32 Å². The van der Waals surface area contributed by atoms with E-state index in [-0.39, 0.29) is 18.6 Å². The van der Waals surface area contributed by atoms with Crippen molar-refractivity contribution in [2.75, 3.05) is 20.7 Å². The van der Waals surface area contributed by atoms with E-state index >= 15 is 0 Å². The van der Waals surface area contributed by atoms with Gasteiger partial charge in [-0.3, -0.25) is 4.79 Å². The van der Waals surface area contributed by atoms with E-state index in [4.69, 9.17) is 5.11 Å². The van der Waals surface area contributed by atoms with Crippen LogP contribution in [0, 0.1) is 11.8 Å². The molecule has 0 saturated heterocycles. The lowest BCUT2D eigenvalue weighted by Crippen LogP contribution is -2.34. The molecule has 1 unspecified atom stereocenters. The minimum absolute atomic E-state index is 0.0234. The largest absolute Gasteiger partial charge is 0.396 e. The maximum Gasteiger partial charge on any atom is 0.255 e. The number of aliphatic hydroxyl groups excluding tert-OH is 1. The van der Waals surface area contributed by atoms with Gasteiger partial charge in [-0.1, -0.05) is 37.8 Å². The summed E-state index contributed by atoms with van der Waals surface area (Å²) in [5.41, 5.74) is 2.52. The Morgan fingerprint density at radius 3 is 2.59 bits per heavy atom. The van der Waals surface area contributed by atoms with Crippen molar-refractivity contribution in [1.82, 2.24) is 10.2 Å². The summed E-state index contributed by atoms with van der Waals surface area (Å²) in [4.78, 5) is 25.0. The third kappa shape index (κ3) is 8.64. The average Bonchev–Trinajstić information content (AvgIpc) is 3.08. The van der Waals surface area contributed by atoms with Crippen molar-refractivity contribution in [3.8, 4) is 11.8 Å². The Bertz CT molecular complexity index is 689. The summed E-state index contributed by atoms with van der Waals surface area (Å²) in [5, 5.41) is 11.5. The lowest BCUT2D eigenvalue weighted by Gasteiger charge is -2.24. The van der Waals surface area contributed by atoms with Crippen LogP contribution in [0.5, 0.6) is 0 Å². The number of carbonyl (C=O) groups excluding carboxylic acids is 2. The van der Waals surface area contributed by atoms with Gasteiger partial charge in [0.15, 0.2) is 0 Å². The molecule has 29 heavy (non-hydrogen) atoms. The highest BCUT2D eigenvalue weighted by atomic mass is 16.3. The Hall–Kier alpha value is -2.42. The molecule has 0 bridgehead atoms. The minimum atomic E-state index is -0.138. The third-order valence-corrected chi connectivity index (χ3v) is 4.18. The molecule has 5 nitrogen and oxygen atoms in total. The van der Waals surface area contributed by atoms with Gasteiger partial charge in [-0.05, 0) is 51.1 Å². The van der Waals surface area contributed by atoms with Crippen molar-refractivity contribution in [3.05, 3.63) is 47.5 Å². The summed E-state index contributed by atoms with van der Waals surface area (Å²) in [6, 6.07) is 5.48. The maximum atomic E-state index is 12.6. The van der Waals surface area contributed by atoms with Crippen molar-refractivity contribution >= 4 is 12.2 Å². The smallest absolute Gasteiger partial charge is 0.255 e. The quantitative estimate of drug-likeness (QED) is 0.303. The lowest BCUT2D eigenvalue weighted by atomic mass is 10.0. The van der Waals surface area contributed by atoms with Crippen LogP contribution in [-0.4, -0.2) is 48.9 Å². The van der Waals surface area contributed by atoms with E-state index in [0.29, 0.717) is 24.9 Å². The van der Waals surface area contributed by atoms with Gasteiger partial charge in [-0.2, -0.15) is 0 Å². The number of hydrogen-bond acceptors (Lipinski definition) is 4. The fourth-order valence-corrected chi connectivity index (χ4v) is 2.86. The molecule has 160 valence electrons. The zero-order valence-electron chi connectivity index (χ0n) is 18.3. The Morgan fingerprint density at radius 1 is 1.31 bits per heavy atom. The molecular weight excluding hydrogens is 364 g/mol. The van der Waals surface area contributed by atoms with Crippen molar-refractivity contribution < 1.29 is 14.7 Å². The van der Waals surface area contributed by atoms with E-state index < -0.39 is 0 Å². The van der Waals surface area contributed by atoms with Gasteiger partial charge in [0.25, 0.3) is 5.91 Å². The molecule has 0 aromatic heterocycles. The average molecular weight is 401 g/mol. The van der Waals surface area contributed by atoms with Crippen LogP contribution in [0.15, 0.2) is 30.9 Å². The molecule has 1 aliphatic rings. The van der Waals surface area contributed by atoms with E-state index in [2.05, 4.69) is 23.7 Å². The second kappa shape index (κ2) is 16.5. The topological polar surface area (TPSA) is 69.6 Å². The zero-order chi connectivity index (χ0) is 22.1. The van der Waals surface area contributed by atoms with E-state index in [1.165, 1.54) is 0 Å². The summed E-state index contributed by atoms with van der Waals surface area (Å²) < 4.78 is 0. The SMILES string of the molecule is C=CC(CCC=O)N1Cc2c(C#CCCCCO)cccc2C1=O.CC.CNC. The number of amides is 1. The summed E-state index contributed by atoms with van der Waals surface area (Å²) in [5.74, 6) is 6.25. The fraction of sp³-hybridized carbons (Fsp3) is 0.500. The van der Waals surface area contributed by atoms with E-state index in [1.807, 2.05) is 46.1 Å². The summed E-state index contributed by atoms with van der Waals surface area (Å²) in [7, 11) is 3.75. The number of nitrogens with zero attached hydrogens (tertiary/aromatic N) is 1. The Morgan fingerprint density at radius 2 is 2.00 bits per heavy atom. The Labute approximate surface area is 176 Å². The van der Waals surface area contributed by atoms with Gasteiger partial charge in [0.2, 0.25) is 0 Å². The van der Waals surface area contributed by atoms with Gasteiger partial charge in [0, 0.05) is 37.1 Å². The zero-order valence-corrected chi connectivity index (χ0v) is 18.3. The van der Waals surface area contributed by atoms with Crippen LogP contribution in [0.1, 0.15) is 67.4 Å². The minimum Gasteiger partial charge on any atom is -0.396 e. The van der Waals surface area contributed by atoms with E-state index in [1.54, 1.807) is 11.0 Å². The molecule has 1 aliphatic heterocycles. The molecule has 0 aliphatic carbocycles. The number of aliphatic hydroxyl groups is 1. The molecule has 5 heteroatoms. The number of carbonyl (C=O) groups is 2. The molecule has 0 fully saturated rings. The molecule has 0 saturated carbocycles. The summed E-state index contributed by atoms with van der Waals surface area (Å²) in [6.07, 6.45) is 5.96. The van der Waals surface area contributed by atoms with Gasteiger partial charge in [-0.25, -0.2) is 0 Å². The summed E-state index contributed by atoms with van der Waals surface area (Å²) >= 11 is 0. The first-order valence-corrected chi connectivity index (χ1v) is 10.3. The van der Waals surface area contributed by atoms with Gasteiger partial charge < -0.3 is 20.1 Å². The molecule has 2 N–H and O–H groups in total. The first kappa shape index (κ1) is 26.6. The molecule has 1 heterocycles. The van der Waals surface area contributed by atoms with E-state index in [9.17, 15) is 9.59 Å². The van der Waals surface area contributed by atoms with Crippen molar-refractivity contribution in [3.63, 3.8) is 0 Å². The number of hydrogen-bond donors (Lipinski definition) is 2. The number of benzene rings is 1. The molecule has 1 aromatic rings. The first-order valence-electron chi connectivity index (χ1n) is 10.3. The Balaban J connectivity index is 0.00000143. The van der Waals surface area contributed by atoms with Crippen LogP contribution in [-0.2, 0) is 11.3 Å². The molecule has 2 rings (SSSR count). The number of unbranched alkanes of at least 4 members (excludes halogenated alkanes) is 2. The van der Waals surface area contributed by atoms with Crippen LogP contribution >= 0.6 is 0 Å². The molecule has 0 radical (unpaired) electrons. The van der Waals surface area contributed by atoms with Crippen molar-refractivity contribution in [1.29, 1.82) is 0 Å². The van der Waals surface area contributed by atoms with Gasteiger partial charge in [-0.15, -0.1) is 6.58 Å².